The first kappa shape index (κ1) is 26.4. The van der Waals surface area contributed by atoms with Gasteiger partial charge >= 0.3 is 0 Å². The molecule has 8 nitrogen and oxygen atoms in total. The van der Waals surface area contributed by atoms with Crippen molar-refractivity contribution in [2.75, 3.05) is 27.3 Å². The van der Waals surface area contributed by atoms with Crippen LogP contribution in [0, 0.1) is 0 Å². The van der Waals surface area contributed by atoms with E-state index in [0.717, 1.165) is 54.8 Å². The van der Waals surface area contributed by atoms with Gasteiger partial charge in [-0.15, -0.1) is 34.2 Å². The van der Waals surface area contributed by atoms with Crippen LogP contribution >= 0.6 is 24.0 Å². The molecule has 0 spiro atoms. The largest absolute Gasteiger partial charge is 0.497 e. The number of hydrogen-bond acceptors (Lipinski definition) is 5. The van der Waals surface area contributed by atoms with Gasteiger partial charge in [-0.2, -0.15) is 0 Å². The Balaban J connectivity index is 0.00000385. The van der Waals surface area contributed by atoms with Crippen LogP contribution in [-0.4, -0.2) is 48.0 Å². The second-order valence-corrected chi connectivity index (χ2v) is 7.22. The molecular weight excluding hydrogens is 531 g/mol. The van der Waals surface area contributed by atoms with Gasteiger partial charge in [-0.3, -0.25) is 0 Å². The van der Waals surface area contributed by atoms with Crippen molar-refractivity contribution in [2.45, 2.75) is 32.9 Å². The molecule has 33 heavy (non-hydrogen) atoms. The second-order valence-electron chi connectivity index (χ2n) is 7.22. The van der Waals surface area contributed by atoms with Crippen molar-refractivity contribution in [1.29, 1.82) is 0 Å². The van der Waals surface area contributed by atoms with Crippen LogP contribution in [0.25, 0.3) is 0 Å². The van der Waals surface area contributed by atoms with E-state index < -0.39 is 0 Å². The van der Waals surface area contributed by atoms with Gasteiger partial charge in [0.1, 0.15) is 23.7 Å². The Labute approximate surface area is 212 Å². The number of ether oxygens (including phenoxy) is 2. The topological polar surface area (TPSA) is 85.6 Å². The lowest BCUT2D eigenvalue weighted by Crippen LogP contribution is -2.40. The lowest BCUT2D eigenvalue weighted by atomic mass is 10.1. The first-order valence-corrected chi connectivity index (χ1v) is 10.9. The summed E-state index contributed by atoms with van der Waals surface area (Å²) in [6.45, 7) is 4.84. The Morgan fingerprint density at radius 1 is 1.00 bits per heavy atom. The maximum absolute atomic E-state index is 5.45. The minimum atomic E-state index is 0. The average Bonchev–Trinajstić information content (AvgIpc) is 3.30. The molecule has 0 aliphatic carbocycles. The van der Waals surface area contributed by atoms with Gasteiger partial charge in [-0.1, -0.05) is 37.3 Å². The van der Waals surface area contributed by atoms with Gasteiger partial charge in [0.15, 0.2) is 5.96 Å². The summed E-state index contributed by atoms with van der Waals surface area (Å²) >= 11 is 0. The van der Waals surface area contributed by atoms with Crippen molar-refractivity contribution in [3.63, 3.8) is 0 Å². The normalized spacial score (nSPS) is 10.9. The molecule has 2 aromatic carbocycles. The third-order valence-electron chi connectivity index (χ3n) is 5.12. The number of aromatic nitrogens is 3. The van der Waals surface area contributed by atoms with Crippen LogP contribution in [0.3, 0.4) is 0 Å². The maximum atomic E-state index is 5.45. The van der Waals surface area contributed by atoms with Crippen molar-refractivity contribution >= 4 is 29.9 Å². The number of benzene rings is 2. The van der Waals surface area contributed by atoms with E-state index in [2.05, 4.69) is 44.5 Å². The van der Waals surface area contributed by atoms with Crippen molar-refractivity contribution < 1.29 is 9.47 Å². The van der Waals surface area contributed by atoms with E-state index in [1.54, 1.807) is 20.5 Å². The monoisotopic (exact) mass is 564 g/mol. The molecule has 0 radical (unpaired) electrons. The lowest BCUT2D eigenvalue weighted by Gasteiger charge is -2.14. The zero-order valence-electron chi connectivity index (χ0n) is 19.5. The highest BCUT2D eigenvalue weighted by Crippen LogP contribution is 2.18. The molecular formula is C24H33IN6O2. The van der Waals surface area contributed by atoms with E-state index in [4.69, 9.17) is 14.5 Å². The van der Waals surface area contributed by atoms with Gasteiger partial charge in [0.05, 0.1) is 20.8 Å². The molecule has 1 heterocycles. The van der Waals surface area contributed by atoms with Crippen molar-refractivity contribution in [3.8, 4) is 11.5 Å². The molecule has 2 N–H and O–H groups in total. The molecule has 3 aromatic rings. The summed E-state index contributed by atoms with van der Waals surface area (Å²) in [7, 11) is 3.36. The molecule has 0 unspecified atom stereocenters. The smallest absolute Gasteiger partial charge is 0.191 e. The van der Waals surface area contributed by atoms with Crippen LogP contribution in [0.15, 0.2) is 59.9 Å². The SMILES string of the molecule is CCc1nncn1CCNC(=NCc1ccccc1OC)NCCc1ccc(OC)cc1.I. The lowest BCUT2D eigenvalue weighted by molar-refractivity contribution is 0.410. The minimum absolute atomic E-state index is 0. The fourth-order valence-corrected chi connectivity index (χ4v) is 3.32. The Hall–Kier alpha value is -2.82. The number of hydrogen-bond donors (Lipinski definition) is 2. The summed E-state index contributed by atoms with van der Waals surface area (Å²) in [5, 5.41) is 15.0. The molecule has 0 aliphatic heterocycles. The Morgan fingerprint density at radius 3 is 2.48 bits per heavy atom. The number of aliphatic imine (C=N–C) groups is 1. The summed E-state index contributed by atoms with van der Waals surface area (Å²) in [4.78, 5) is 4.78. The van der Waals surface area contributed by atoms with Crippen LogP contribution in [0.2, 0.25) is 0 Å². The number of methoxy groups -OCH3 is 2. The van der Waals surface area contributed by atoms with Crippen LogP contribution in [0.4, 0.5) is 0 Å². The quantitative estimate of drug-likeness (QED) is 0.211. The summed E-state index contributed by atoms with van der Waals surface area (Å²) in [6, 6.07) is 16.1. The van der Waals surface area contributed by atoms with Gasteiger partial charge in [0.25, 0.3) is 0 Å². The number of aryl methyl sites for hydroxylation is 1. The van der Waals surface area contributed by atoms with Crippen LogP contribution in [0.1, 0.15) is 23.9 Å². The van der Waals surface area contributed by atoms with Crippen LogP contribution in [-0.2, 0) is 25.9 Å². The zero-order chi connectivity index (χ0) is 22.6. The van der Waals surface area contributed by atoms with Crippen LogP contribution < -0.4 is 20.1 Å². The van der Waals surface area contributed by atoms with Crippen molar-refractivity contribution in [2.24, 2.45) is 4.99 Å². The number of nitrogens with zero attached hydrogens (tertiary/aromatic N) is 4. The van der Waals surface area contributed by atoms with Crippen LogP contribution in [0.5, 0.6) is 11.5 Å². The zero-order valence-corrected chi connectivity index (χ0v) is 21.8. The molecule has 0 fully saturated rings. The molecule has 0 atom stereocenters. The predicted octanol–water partition coefficient (Wildman–Crippen LogP) is 3.45. The first-order chi connectivity index (χ1) is 15.7. The standard InChI is InChI=1S/C24H32N6O2.HI/c1-4-23-29-28-18-30(23)16-15-26-24(27-17-20-7-5-6-8-22(20)32-3)25-14-13-19-9-11-21(31-2)12-10-19;/h5-12,18H,4,13-17H2,1-3H3,(H2,25,26,27);1H. The van der Waals surface area contributed by atoms with E-state index in [1.807, 2.05) is 36.4 Å². The highest BCUT2D eigenvalue weighted by molar-refractivity contribution is 14.0. The summed E-state index contributed by atoms with van der Waals surface area (Å²) in [5.41, 5.74) is 2.28. The van der Waals surface area contributed by atoms with Gasteiger partial charge in [0.2, 0.25) is 0 Å². The molecule has 0 amide bonds. The maximum Gasteiger partial charge on any atom is 0.191 e. The molecule has 0 bridgehead atoms. The van der Waals surface area contributed by atoms with E-state index in [1.165, 1.54) is 5.56 Å². The van der Waals surface area contributed by atoms with E-state index in [9.17, 15) is 0 Å². The summed E-state index contributed by atoms with van der Waals surface area (Å²) in [5.74, 6) is 3.44. The predicted molar refractivity (Wildman–Crippen MR) is 142 cm³/mol. The number of para-hydroxylation sites is 1. The first-order valence-electron chi connectivity index (χ1n) is 10.9. The molecule has 3 rings (SSSR count). The highest BCUT2D eigenvalue weighted by Gasteiger charge is 2.05. The third-order valence-corrected chi connectivity index (χ3v) is 5.12. The molecule has 0 saturated heterocycles. The molecule has 9 heteroatoms. The van der Waals surface area contributed by atoms with Crippen molar-refractivity contribution in [1.82, 2.24) is 25.4 Å². The molecule has 0 aliphatic rings. The van der Waals surface area contributed by atoms with Gasteiger partial charge in [-0.05, 0) is 30.2 Å². The number of rotatable bonds is 11. The van der Waals surface area contributed by atoms with Gasteiger partial charge < -0.3 is 24.7 Å². The summed E-state index contributed by atoms with van der Waals surface area (Å²) in [6.07, 6.45) is 3.50. The van der Waals surface area contributed by atoms with E-state index >= 15 is 0 Å². The van der Waals surface area contributed by atoms with Crippen molar-refractivity contribution in [3.05, 3.63) is 71.8 Å². The summed E-state index contributed by atoms with van der Waals surface area (Å²) < 4.78 is 12.7. The number of guanidine groups is 1. The Morgan fingerprint density at radius 2 is 1.76 bits per heavy atom. The van der Waals surface area contributed by atoms with E-state index in [0.29, 0.717) is 13.1 Å². The molecule has 0 saturated carbocycles. The minimum Gasteiger partial charge on any atom is -0.497 e. The highest BCUT2D eigenvalue weighted by atomic mass is 127. The fraction of sp³-hybridized carbons (Fsp3) is 0.375. The second kappa shape index (κ2) is 14.4. The van der Waals surface area contributed by atoms with Gasteiger partial charge in [0, 0.05) is 31.6 Å². The van der Waals surface area contributed by atoms with E-state index in [-0.39, 0.29) is 24.0 Å². The fourth-order valence-electron chi connectivity index (χ4n) is 3.32. The Bertz CT molecular complexity index is 991. The molecule has 1 aromatic heterocycles. The Kier molecular flexibility index (Phi) is 11.5. The molecule has 178 valence electrons. The number of halogens is 1. The van der Waals surface area contributed by atoms with Gasteiger partial charge in [-0.25, -0.2) is 4.99 Å². The third kappa shape index (κ3) is 8.23. The number of nitrogens with one attached hydrogen (secondary N) is 2. The average molecular weight is 564 g/mol.